The van der Waals surface area contributed by atoms with Crippen LogP contribution in [0.15, 0.2) is 170 Å². The molecule has 0 N–H and O–H groups in total. The van der Waals surface area contributed by atoms with Crippen molar-refractivity contribution in [3.8, 4) is 28.3 Å². The summed E-state index contributed by atoms with van der Waals surface area (Å²) in [6.07, 6.45) is 0. The molecule has 0 bridgehead atoms. The molecule has 6 aromatic heterocycles. The SMILES string of the molecule is c1ccc2c(c1)cc(-c1ccc(-c3nc(-n4c5ccc6sc7ccc8c9ccccc9n9c%10cccc4c%10c5c6c7c89)nc4sc5ccccc5c34)cc1)c1ccccc12. The van der Waals surface area contributed by atoms with Gasteiger partial charge in [0.15, 0.2) is 0 Å². The first-order chi connectivity index (χ1) is 29.8. The Morgan fingerprint density at radius 2 is 1.07 bits per heavy atom. The fraction of sp³-hybridized carbons (Fsp3) is 0. The van der Waals surface area contributed by atoms with Crippen molar-refractivity contribution in [2.45, 2.75) is 0 Å². The number of hydrogen-bond donors (Lipinski definition) is 0. The maximum absolute atomic E-state index is 5.64. The van der Waals surface area contributed by atoms with Crippen molar-refractivity contribution < 1.29 is 0 Å². The van der Waals surface area contributed by atoms with Gasteiger partial charge in [0.25, 0.3) is 0 Å². The summed E-state index contributed by atoms with van der Waals surface area (Å²) in [5, 5.41) is 15.1. The van der Waals surface area contributed by atoms with Gasteiger partial charge in [-0.1, -0.05) is 121 Å². The summed E-state index contributed by atoms with van der Waals surface area (Å²) in [4.78, 5) is 12.1. The second kappa shape index (κ2) is 11.2. The standard InChI is InChI=1S/C54H28N4S2/c1-2-11-32-31(10-1)28-38(34-13-4-3-12-33(32)34)29-20-22-30(23-21-29)51-46-37-15-6-8-19-43(37)60-53(46)56-54(55-51)58-41-18-9-17-40-47(41)48-42(58)25-27-44-49(48)50-45(59-44)26-24-36-35-14-5-7-16-39(35)57(40)52(36)50/h1-28H. The van der Waals surface area contributed by atoms with Crippen LogP contribution in [0.2, 0.25) is 0 Å². The first-order valence-electron chi connectivity index (χ1n) is 20.3. The monoisotopic (exact) mass is 796 g/mol. The zero-order valence-electron chi connectivity index (χ0n) is 31.8. The highest BCUT2D eigenvalue weighted by molar-refractivity contribution is 7.26. The van der Waals surface area contributed by atoms with E-state index >= 15 is 0 Å². The Morgan fingerprint density at radius 3 is 1.97 bits per heavy atom. The number of fused-ring (bicyclic) bond motifs is 10. The van der Waals surface area contributed by atoms with E-state index in [-0.39, 0.29) is 0 Å². The Labute approximate surface area is 349 Å². The number of rotatable bonds is 3. The lowest BCUT2D eigenvalue weighted by Crippen LogP contribution is -2.02. The summed E-state index contributed by atoms with van der Waals surface area (Å²) >= 11 is 3.64. The third-order valence-corrected chi connectivity index (χ3v) is 15.3. The van der Waals surface area contributed by atoms with Crippen molar-refractivity contribution >= 4 is 134 Å². The zero-order chi connectivity index (χ0) is 38.8. The van der Waals surface area contributed by atoms with E-state index in [0.717, 1.165) is 32.5 Å². The van der Waals surface area contributed by atoms with Crippen LogP contribution in [0, 0.1) is 0 Å². The molecule has 0 unspecified atom stereocenters. The number of hydrogen-bond acceptors (Lipinski definition) is 4. The van der Waals surface area contributed by atoms with Gasteiger partial charge in [-0.25, -0.2) is 9.97 Å². The maximum atomic E-state index is 5.64. The van der Waals surface area contributed by atoms with Crippen LogP contribution in [0.4, 0.5) is 0 Å². The molecule has 6 heteroatoms. The molecular formula is C54H28N4S2. The summed E-state index contributed by atoms with van der Waals surface area (Å²) in [6, 6.07) is 62.4. The first-order valence-corrected chi connectivity index (χ1v) is 22.0. The molecule has 0 fully saturated rings. The van der Waals surface area contributed by atoms with Crippen LogP contribution in [0.5, 0.6) is 0 Å². The van der Waals surface area contributed by atoms with Crippen LogP contribution in [0.1, 0.15) is 0 Å². The number of nitrogens with zero attached hydrogens (tertiary/aromatic N) is 4. The minimum absolute atomic E-state index is 0.688. The molecule has 0 spiro atoms. The van der Waals surface area contributed by atoms with Crippen LogP contribution in [-0.4, -0.2) is 18.9 Å². The highest BCUT2D eigenvalue weighted by Crippen LogP contribution is 2.50. The van der Waals surface area contributed by atoms with Crippen molar-refractivity contribution in [1.29, 1.82) is 0 Å². The summed E-state index contributed by atoms with van der Waals surface area (Å²) in [6.45, 7) is 0. The molecule has 0 aliphatic heterocycles. The second-order valence-electron chi connectivity index (χ2n) is 16.0. The Bertz CT molecular complexity index is 4300. The number of para-hydroxylation sites is 1. The predicted octanol–water partition coefficient (Wildman–Crippen LogP) is 15.4. The van der Waals surface area contributed by atoms with Gasteiger partial charge in [-0.15, -0.1) is 22.7 Å². The van der Waals surface area contributed by atoms with E-state index in [1.807, 2.05) is 11.3 Å². The predicted molar refractivity (Wildman–Crippen MR) is 256 cm³/mol. The van der Waals surface area contributed by atoms with E-state index < -0.39 is 0 Å². The first kappa shape index (κ1) is 31.6. The van der Waals surface area contributed by atoms with Gasteiger partial charge in [0.1, 0.15) is 4.83 Å². The van der Waals surface area contributed by atoms with Crippen molar-refractivity contribution in [2.24, 2.45) is 0 Å². The third-order valence-electron chi connectivity index (χ3n) is 13.1. The maximum Gasteiger partial charge on any atom is 0.236 e. The minimum Gasteiger partial charge on any atom is -0.308 e. The van der Waals surface area contributed by atoms with Crippen molar-refractivity contribution in [1.82, 2.24) is 18.9 Å². The highest BCUT2D eigenvalue weighted by Gasteiger charge is 2.27. The zero-order valence-corrected chi connectivity index (χ0v) is 33.4. The quantitative estimate of drug-likeness (QED) is 0.167. The lowest BCUT2D eigenvalue weighted by Gasteiger charge is -2.13. The summed E-state index contributed by atoms with van der Waals surface area (Å²) < 4.78 is 8.68. The van der Waals surface area contributed by atoms with Gasteiger partial charge in [0.2, 0.25) is 5.95 Å². The average Bonchev–Trinajstić information content (AvgIpc) is 4.03. The lowest BCUT2D eigenvalue weighted by atomic mass is 9.92. The molecule has 276 valence electrons. The van der Waals surface area contributed by atoms with E-state index in [4.69, 9.17) is 9.97 Å². The largest absolute Gasteiger partial charge is 0.308 e. The molecule has 60 heavy (non-hydrogen) atoms. The lowest BCUT2D eigenvalue weighted by molar-refractivity contribution is 1.02. The fourth-order valence-electron chi connectivity index (χ4n) is 10.6. The molecule has 0 atom stereocenters. The molecule has 0 radical (unpaired) electrons. The van der Waals surface area contributed by atoms with E-state index in [0.29, 0.717) is 5.95 Å². The van der Waals surface area contributed by atoms with Crippen LogP contribution in [0.25, 0.3) is 139 Å². The van der Waals surface area contributed by atoms with Gasteiger partial charge in [0.05, 0.1) is 33.3 Å². The van der Waals surface area contributed by atoms with Gasteiger partial charge in [-0.2, -0.15) is 0 Å². The number of benzene rings is 9. The number of aromatic nitrogens is 4. The summed E-state index contributed by atoms with van der Waals surface area (Å²) in [5.74, 6) is 0.688. The molecule has 6 heterocycles. The summed E-state index contributed by atoms with van der Waals surface area (Å²) in [5.41, 5.74) is 10.4. The van der Waals surface area contributed by atoms with Gasteiger partial charge in [0, 0.05) is 62.8 Å². The fourth-order valence-corrected chi connectivity index (χ4v) is 12.8. The van der Waals surface area contributed by atoms with E-state index in [9.17, 15) is 0 Å². The van der Waals surface area contributed by atoms with Gasteiger partial charge in [-0.05, 0) is 81.2 Å². The highest BCUT2D eigenvalue weighted by atomic mass is 32.1. The molecule has 0 amide bonds. The average molecular weight is 797 g/mol. The van der Waals surface area contributed by atoms with Gasteiger partial charge in [-0.3, -0.25) is 4.57 Å². The van der Waals surface area contributed by atoms with Crippen LogP contribution >= 0.6 is 22.7 Å². The van der Waals surface area contributed by atoms with Crippen LogP contribution in [-0.2, 0) is 0 Å². The Balaban J connectivity index is 1.03. The normalized spacial score (nSPS) is 12.7. The van der Waals surface area contributed by atoms with Crippen LogP contribution in [0.3, 0.4) is 0 Å². The van der Waals surface area contributed by atoms with Crippen LogP contribution < -0.4 is 0 Å². The molecular weight excluding hydrogens is 769 g/mol. The molecule has 0 aliphatic rings. The summed E-state index contributed by atoms with van der Waals surface area (Å²) in [7, 11) is 0. The molecule has 9 aromatic carbocycles. The minimum atomic E-state index is 0.688. The van der Waals surface area contributed by atoms with Crippen molar-refractivity contribution in [2.75, 3.05) is 0 Å². The van der Waals surface area contributed by atoms with E-state index in [2.05, 4.69) is 179 Å². The molecule has 0 saturated carbocycles. The topological polar surface area (TPSA) is 35.1 Å². The number of thiophene rings is 2. The van der Waals surface area contributed by atoms with Crippen molar-refractivity contribution in [3.63, 3.8) is 0 Å². The second-order valence-corrected chi connectivity index (χ2v) is 18.2. The smallest absolute Gasteiger partial charge is 0.236 e. The van der Waals surface area contributed by atoms with E-state index in [1.54, 1.807) is 11.3 Å². The molecule has 0 aliphatic carbocycles. The van der Waals surface area contributed by atoms with Crippen molar-refractivity contribution in [3.05, 3.63) is 170 Å². The molecule has 15 aromatic rings. The molecule has 0 saturated heterocycles. The Kier molecular flexibility index (Phi) is 5.90. The van der Waals surface area contributed by atoms with Gasteiger partial charge < -0.3 is 4.40 Å². The third kappa shape index (κ3) is 3.91. The molecule has 15 rings (SSSR count). The molecule has 4 nitrogen and oxygen atoms in total. The van der Waals surface area contributed by atoms with E-state index in [1.165, 1.54) is 101 Å². The Hall–Kier alpha value is -7.38. The Morgan fingerprint density at radius 1 is 0.383 bits per heavy atom. The van der Waals surface area contributed by atoms with Gasteiger partial charge >= 0.3 is 0 Å².